The van der Waals surface area contributed by atoms with E-state index in [2.05, 4.69) is 0 Å². The second-order valence-electron chi connectivity index (χ2n) is 4.77. The number of hydrogen-bond acceptors (Lipinski definition) is 3. The standard InChI is InChI=1S/C16H16O3/c1-11-6-8-12(9-7-11)16(17)15-10-18-13-4-2-3-5-14(13)19-15/h2-9,15-17H,10H2,1H3. The Bertz CT molecular complexity index is 562. The molecule has 19 heavy (non-hydrogen) atoms. The summed E-state index contributed by atoms with van der Waals surface area (Å²) in [5.74, 6) is 1.42. The molecule has 0 amide bonds. The normalized spacial score (nSPS) is 18.9. The largest absolute Gasteiger partial charge is 0.486 e. The van der Waals surface area contributed by atoms with Crippen LogP contribution in [0, 0.1) is 6.92 Å². The van der Waals surface area contributed by atoms with Crippen LogP contribution in [0.2, 0.25) is 0 Å². The molecule has 0 radical (unpaired) electrons. The number of para-hydroxylation sites is 2. The van der Waals surface area contributed by atoms with E-state index >= 15 is 0 Å². The lowest BCUT2D eigenvalue weighted by molar-refractivity contribution is -0.0113. The van der Waals surface area contributed by atoms with Crippen molar-refractivity contribution in [2.45, 2.75) is 19.1 Å². The maximum atomic E-state index is 10.4. The molecule has 0 aliphatic carbocycles. The molecule has 2 atom stereocenters. The van der Waals surface area contributed by atoms with E-state index in [-0.39, 0.29) is 6.10 Å². The summed E-state index contributed by atoms with van der Waals surface area (Å²) in [6.45, 7) is 2.37. The van der Waals surface area contributed by atoms with Gasteiger partial charge in [-0.25, -0.2) is 0 Å². The Labute approximate surface area is 112 Å². The minimum absolute atomic E-state index is 0.353. The molecule has 2 aromatic rings. The van der Waals surface area contributed by atoms with Gasteiger partial charge in [0.05, 0.1) is 0 Å². The summed E-state index contributed by atoms with van der Waals surface area (Å²) in [5, 5.41) is 10.4. The summed E-state index contributed by atoms with van der Waals surface area (Å²) in [5.41, 5.74) is 2.01. The van der Waals surface area contributed by atoms with Crippen LogP contribution in [0.4, 0.5) is 0 Å². The second kappa shape index (κ2) is 4.94. The van der Waals surface area contributed by atoms with E-state index in [1.807, 2.05) is 55.5 Å². The molecule has 2 aromatic carbocycles. The van der Waals surface area contributed by atoms with Gasteiger partial charge in [0.25, 0.3) is 0 Å². The zero-order valence-corrected chi connectivity index (χ0v) is 10.7. The van der Waals surface area contributed by atoms with Crippen LogP contribution in [-0.4, -0.2) is 17.8 Å². The Morgan fingerprint density at radius 3 is 2.47 bits per heavy atom. The Hall–Kier alpha value is -2.00. The lowest BCUT2D eigenvalue weighted by Crippen LogP contribution is -2.34. The topological polar surface area (TPSA) is 38.7 Å². The smallest absolute Gasteiger partial charge is 0.163 e. The van der Waals surface area contributed by atoms with Crippen LogP contribution in [0.3, 0.4) is 0 Å². The molecule has 1 heterocycles. The van der Waals surface area contributed by atoms with Gasteiger partial charge in [-0.2, -0.15) is 0 Å². The van der Waals surface area contributed by atoms with Gasteiger partial charge < -0.3 is 14.6 Å². The molecule has 2 unspecified atom stereocenters. The first-order chi connectivity index (χ1) is 9.24. The van der Waals surface area contributed by atoms with Gasteiger partial charge in [-0.1, -0.05) is 42.0 Å². The molecule has 0 aromatic heterocycles. The zero-order chi connectivity index (χ0) is 13.2. The van der Waals surface area contributed by atoms with Crippen molar-refractivity contribution < 1.29 is 14.6 Å². The van der Waals surface area contributed by atoms with Crippen LogP contribution in [-0.2, 0) is 0 Å². The third kappa shape index (κ3) is 2.42. The van der Waals surface area contributed by atoms with Crippen LogP contribution in [0.15, 0.2) is 48.5 Å². The molecule has 1 aliphatic rings. The number of ether oxygens (including phenoxy) is 2. The quantitative estimate of drug-likeness (QED) is 0.898. The molecular weight excluding hydrogens is 240 g/mol. The molecular formula is C16H16O3. The number of benzene rings is 2. The fourth-order valence-corrected chi connectivity index (χ4v) is 2.17. The molecule has 3 nitrogen and oxygen atoms in total. The SMILES string of the molecule is Cc1ccc(C(O)C2COc3ccccc3O2)cc1. The second-order valence-corrected chi connectivity index (χ2v) is 4.77. The molecule has 0 spiro atoms. The van der Waals surface area contributed by atoms with Crippen LogP contribution >= 0.6 is 0 Å². The fraction of sp³-hybridized carbons (Fsp3) is 0.250. The van der Waals surface area contributed by atoms with Crippen molar-refractivity contribution >= 4 is 0 Å². The van der Waals surface area contributed by atoms with Crippen molar-refractivity contribution in [3.63, 3.8) is 0 Å². The summed E-state index contributed by atoms with van der Waals surface area (Å²) in [7, 11) is 0. The first kappa shape index (κ1) is 12.1. The minimum Gasteiger partial charge on any atom is -0.486 e. The van der Waals surface area contributed by atoms with Gasteiger partial charge in [-0.3, -0.25) is 0 Å². The highest BCUT2D eigenvalue weighted by Gasteiger charge is 2.28. The van der Waals surface area contributed by atoms with Gasteiger partial charge in [-0.15, -0.1) is 0 Å². The van der Waals surface area contributed by atoms with Gasteiger partial charge in [0.1, 0.15) is 12.7 Å². The molecule has 0 saturated heterocycles. The lowest BCUT2D eigenvalue weighted by atomic mass is 10.0. The number of fused-ring (bicyclic) bond motifs is 1. The highest BCUT2D eigenvalue weighted by Crippen LogP contribution is 2.34. The average Bonchev–Trinajstić information content (AvgIpc) is 2.47. The maximum Gasteiger partial charge on any atom is 0.163 e. The summed E-state index contributed by atoms with van der Waals surface area (Å²) < 4.78 is 11.4. The lowest BCUT2D eigenvalue weighted by Gasteiger charge is -2.29. The molecule has 98 valence electrons. The molecule has 3 heteroatoms. The molecule has 3 rings (SSSR count). The van der Waals surface area contributed by atoms with Gasteiger partial charge >= 0.3 is 0 Å². The fourth-order valence-electron chi connectivity index (χ4n) is 2.17. The highest BCUT2D eigenvalue weighted by molar-refractivity contribution is 5.41. The van der Waals surface area contributed by atoms with E-state index in [4.69, 9.17) is 9.47 Å². The molecule has 0 bridgehead atoms. The zero-order valence-electron chi connectivity index (χ0n) is 10.7. The van der Waals surface area contributed by atoms with Crippen molar-refractivity contribution in [1.29, 1.82) is 0 Å². The van der Waals surface area contributed by atoms with Crippen molar-refractivity contribution in [2.24, 2.45) is 0 Å². The van der Waals surface area contributed by atoms with Crippen molar-refractivity contribution in [1.82, 2.24) is 0 Å². The number of aliphatic hydroxyl groups is 1. The van der Waals surface area contributed by atoms with Crippen LogP contribution < -0.4 is 9.47 Å². The third-order valence-corrected chi connectivity index (χ3v) is 3.30. The van der Waals surface area contributed by atoms with E-state index < -0.39 is 6.10 Å². The minimum atomic E-state index is -0.686. The molecule has 1 N–H and O–H groups in total. The van der Waals surface area contributed by atoms with Gasteiger partial charge in [0, 0.05) is 0 Å². The predicted molar refractivity (Wildman–Crippen MR) is 72.5 cm³/mol. The van der Waals surface area contributed by atoms with E-state index in [1.165, 1.54) is 5.56 Å². The number of rotatable bonds is 2. The van der Waals surface area contributed by atoms with Crippen LogP contribution in [0.25, 0.3) is 0 Å². The first-order valence-corrected chi connectivity index (χ1v) is 6.37. The highest BCUT2D eigenvalue weighted by atomic mass is 16.6. The Morgan fingerprint density at radius 1 is 1.05 bits per heavy atom. The molecule has 0 saturated carbocycles. The molecule has 1 aliphatic heterocycles. The van der Waals surface area contributed by atoms with Crippen molar-refractivity contribution in [3.8, 4) is 11.5 Å². The predicted octanol–water partition coefficient (Wildman–Crippen LogP) is 2.87. The number of hydrogen-bond donors (Lipinski definition) is 1. The van der Waals surface area contributed by atoms with Gasteiger partial charge in [0.2, 0.25) is 0 Å². The monoisotopic (exact) mass is 256 g/mol. The van der Waals surface area contributed by atoms with E-state index in [9.17, 15) is 5.11 Å². The van der Waals surface area contributed by atoms with E-state index in [0.717, 1.165) is 11.3 Å². The average molecular weight is 256 g/mol. The van der Waals surface area contributed by atoms with Gasteiger partial charge in [0.15, 0.2) is 17.6 Å². The van der Waals surface area contributed by atoms with Gasteiger partial charge in [-0.05, 0) is 24.6 Å². The van der Waals surface area contributed by atoms with Crippen LogP contribution in [0.1, 0.15) is 17.2 Å². The third-order valence-electron chi connectivity index (χ3n) is 3.30. The van der Waals surface area contributed by atoms with Crippen molar-refractivity contribution in [2.75, 3.05) is 6.61 Å². The van der Waals surface area contributed by atoms with E-state index in [0.29, 0.717) is 12.4 Å². The summed E-state index contributed by atoms with van der Waals surface area (Å²) >= 11 is 0. The first-order valence-electron chi connectivity index (χ1n) is 6.37. The summed E-state index contributed by atoms with van der Waals surface area (Å²) in [4.78, 5) is 0. The van der Waals surface area contributed by atoms with Crippen molar-refractivity contribution in [3.05, 3.63) is 59.7 Å². The Balaban J connectivity index is 1.79. The maximum absolute atomic E-state index is 10.4. The van der Waals surface area contributed by atoms with Crippen LogP contribution in [0.5, 0.6) is 11.5 Å². The number of aryl methyl sites for hydroxylation is 1. The number of aliphatic hydroxyl groups excluding tert-OH is 1. The molecule has 0 fully saturated rings. The van der Waals surface area contributed by atoms with E-state index in [1.54, 1.807) is 0 Å². The Morgan fingerprint density at radius 2 is 1.74 bits per heavy atom. The Kier molecular flexibility index (Phi) is 3.13. The summed E-state index contributed by atoms with van der Waals surface area (Å²) in [6.07, 6.45) is -1.06. The summed E-state index contributed by atoms with van der Waals surface area (Å²) in [6, 6.07) is 15.3.